The summed E-state index contributed by atoms with van der Waals surface area (Å²) in [6, 6.07) is 15.6. The van der Waals surface area contributed by atoms with Crippen LogP contribution in [0.1, 0.15) is 67.8 Å². The lowest BCUT2D eigenvalue weighted by Gasteiger charge is -2.25. The van der Waals surface area contributed by atoms with Crippen molar-refractivity contribution in [3.8, 4) is 11.5 Å². The standard InChI is InChI=1S/C34H36F2N3O3S/c1-22-6-4-7-23(18-22)32-8-5-14-34(2,3)21-43(40,41)17-13-26-25-11-15-37-31(25)20-29(36)33(26)42-24-9-10-28(35)27(19-24)30-12-16-39(32)38-30/h4,6-7,9-11,15-16,18-20,32,37H,5,8,12-14,17,21H2,1-3H3/q+1. The first-order chi connectivity index (χ1) is 20.5. The van der Waals surface area contributed by atoms with Crippen molar-refractivity contribution in [2.75, 3.05) is 11.5 Å². The van der Waals surface area contributed by atoms with Crippen molar-refractivity contribution in [3.63, 3.8) is 0 Å². The number of halogens is 2. The largest absolute Gasteiger partial charge is 0.454 e. The Morgan fingerprint density at radius 2 is 1.91 bits per heavy atom. The first-order valence-corrected chi connectivity index (χ1v) is 16.5. The number of nitrogens with zero attached hydrogens (tertiary/aromatic N) is 2. The Hall–Kier alpha value is -3.85. The molecular formula is C34H36F2N3O3S+. The van der Waals surface area contributed by atoms with Gasteiger partial charge in [-0.1, -0.05) is 42.3 Å². The number of hydrogen-bond acceptors (Lipinski definition) is 4. The molecule has 1 atom stereocenters. The molecule has 224 valence electrons. The van der Waals surface area contributed by atoms with E-state index in [4.69, 9.17) is 9.84 Å². The van der Waals surface area contributed by atoms with Crippen LogP contribution in [0.25, 0.3) is 10.9 Å². The molecule has 1 N–H and O–H groups in total. The number of rotatable bonds is 1. The van der Waals surface area contributed by atoms with E-state index in [9.17, 15) is 8.42 Å². The van der Waals surface area contributed by atoms with E-state index in [1.807, 2.05) is 43.8 Å². The molecule has 2 aliphatic heterocycles. The SMILES string of the molecule is Cc1cccc(C2CCCC(C)(C)CS(=O)(=O)CCc3c(c(F)cc4[nH]ccc34)Oc3ccc(F)c(c3)C3=N[N+]2=CC3)c1. The Morgan fingerprint density at radius 3 is 2.72 bits per heavy atom. The van der Waals surface area contributed by atoms with Gasteiger partial charge in [-0.3, -0.25) is 0 Å². The van der Waals surface area contributed by atoms with Gasteiger partial charge in [-0.05, 0) is 67.0 Å². The quantitative estimate of drug-likeness (QED) is 0.227. The molecule has 1 aromatic heterocycles. The maximum absolute atomic E-state index is 15.5. The van der Waals surface area contributed by atoms with E-state index < -0.39 is 26.9 Å². The highest BCUT2D eigenvalue weighted by Crippen LogP contribution is 2.37. The average Bonchev–Trinajstić information content (AvgIpc) is 3.61. The number of H-pyrrole nitrogens is 1. The van der Waals surface area contributed by atoms with Crippen molar-refractivity contribution >= 4 is 32.7 Å². The third-order valence-electron chi connectivity index (χ3n) is 8.39. The monoisotopic (exact) mass is 604 g/mol. The van der Waals surface area contributed by atoms with Crippen molar-refractivity contribution in [2.24, 2.45) is 10.5 Å². The number of benzene rings is 3. The predicted octanol–water partition coefficient (Wildman–Crippen LogP) is 7.65. The predicted molar refractivity (Wildman–Crippen MR) is 166 cm³/mol. The van der Waals surface area contributed by atoms with Gasteiger partial charge >= 0.3 is 0 Å². The summed E-state index contributed by atoms with van der Waals surface area (Å²) >= 11 is 0. The Labute approximate surface area is 251 Å². The number of hydrogen-bond donors (Lipinski definition) is 1. The van der Waals surface area contributed by atoms with Gasteiger partial charge in [0.1, 0.15) is 17.3 Å². The van der Waals surface area contributed by atoms with E-state index in [1.165, 1.54) is 18.2 Å². The number of hydrazone groups is 1. The van der Waals surface area contributed by atoms with Crippen LogP contribution in [0.2, 0.25) is 0 Å². The molecule has 0 saturated heterocycles. The first-order valence-electron chi connectivity index (χ1n) is 14.7. The van der Waals surface area contributed by atoms with E-state index in [2.05, 4.69) is 17.1 Å². The lowest BCUT2D eigenvalue weighted by atomic mass is 9.87. The zero-order valence-corrected chi connectivity index (χ0v) is 25.5. The molecular weight excluding hydrogens is 568 g/mol. The molecule has 1 unspecified atom stereocenters. The highest BCUT2D eigenvalue weighted by Gasteiger charge is 2.32. The molecule has 0 radical (unpaired) electrons. The van der Waals surface area contributed by atoms with E-state index in [0.717, 1.165) is 24.0 Å². The van der Waals surface area contributed by atoms with Gasteiger partial charge in [-0.2, -0.15) is 0 Å². The fourth-order valence-corrected chi connectivity index (χ4v) is 8.35. The minimum atomic E-state index is -3.49. The second-order valence-electron chi connectivity index (χ2n) is 12.5. The Balaban J connectivity index is 1.46. The number of sulfone groups is 1. The van der Waals surface area contributed by atoms with Gasteiger partial charge in [0.25, 0.3) is 0 Å². The zero-order valence-electron chi connectivity index (χ0n) is 24.7. The van der Waals surface area contributed by atoms with E-state index >= 15 is 8.78 Å². The van der Waals surface area contributed by atoms with Crippen LogP contribution in [0, 0.1) is 24.0 Å². The van der Waals surface area contributed by atoms with Gasteiger partial charge in [0.2, 0.25) is 6.04 Å². The van der Waals surface area contributed by atoms with Crippen LogP contribution in [0.15, 0.2) is 65.9 Å². The second kappa shape index (κ2) is 11.3. The molecule has 6 rings (SSSR count). The van der Waals surface area contributed by atoms with E-state index in [-0.39, 0.29) is 41.0 Å². The van der Waals surface area contributed by atoms with Crippen LogP contribution in [-0.2, 0) is 16.3 Å². The summed E-state index contributed by atoms with van der Waals surface area (Å²) in [7, 11) is -3.49. The fraction of sp³-hybridized carbons (Fsp3) is 0.353. The third kappa shape index (κ3) is 6.27. The van der Waals surface area contributed by atoms with Crippen molar-refractivity contribution < 1.29 is 26.6 Å². The minimum absolute atomic E-state index is 0.0242. The van der Waals surface area contributed by atoms with Crippen molar-refractivity contribution in [3.05, 3.63) is 94.7 Å². The van der Waals surface area contributed by atoms with Gasteiger partial charge < -0.3 is 9.72 Å². The van der Waals surface area contributed by atoms with Gasteiger partial charge in [-0.15, -0.1) is 0 Å². The second-order valence-corrected chi connectivity index (χ2v) is 14.7. The Kier molecular flexibility index (Phi) is 7.71. The normalized spacial score (nSPS) is 20.3. The number of aromatic nitrogens is 1. The summed E-state index contributed by atoms with van der Waals surface area (Å²) in [6.45, 7) is 6.02. The highest BCUT2D eigenvalue weighted by atomic mass is 32.2. The maximum atomic E-state index is 15.5. The maximum Gasteiger partial charge on any atom is 0.208 e. The summed E-state index contributed by atoms with van der Waals surface area (Å²) in [5.41, 5.74) is 3.63. The molecule has 3 aromatic carbocycles. The third-order valence-corrected chi connectivity index (χ3v) is 10.4. The molecule has 6 nitrogen and oxygen atoms in total. The topological polar surface area (TPSA) is 74.5 Å². The van der Waals surface area contributed by atoms with Crippen LogP contribution in [0.3, 0.4) is 0 Å². The number of nitrogens with one attached hydrogen (secondary N) is 1. The number of aryl methyl sites for hydroxylation is 2. The van der Waals surface area contributed by atoms with Gasteiger partial charge in [0.15, 0.2) is 27.6 Å². The molecule has 43 heavy (non-hydrogen) atoms. The minimum Gasteiger partial charge on any atom is -0.454 e. The average molecular weight is 605 g/mol. The molecule has 0 amide bonds. The number of fused-ring (bicyclic) bond motifs is 7. The van der Waals surface area contributed by atoms with Gasteiger partial charge in [0, 0.05) is 46.3 Å². The summed E-state index contributed by atoms with van der Waals surface area (Å²) in [4.78, 5) is 3.01. The van der Waals surface area contributed by atoms with Crippen molar-refractivity contribution in [1.82, 2.24) is 4.98 Å². The van der Waals surface area contributed by atoms with Gasteiger partial charge in [-0.25, -0.2) is 17.2 Å². The highest BCUT2D eigenvalue weighted by molar-refractivity contribution is 7.91. The zero-order chi connectivity index (χ0) is 30.4. The van der Waals surface area contributed by atoms with Gasteiger partial charge in [0.05, 0.1) is 17.9 Å². The lowest BCUT2D eigenvalue weighted by Crippen LogP contribution is -2.27. The molecule has 4 aromatic rings. The molecule has 0 fully saturated rings. The Bertz CT molecular complexity index is 1870. The lowest BCUT2D eigenvalue weighted by molar-refractivity contribution is -0.572. The molecule has 3 heterocycles. The van der Waals surface area contributed by atoms with Crippen LogP contribution >= 0.6 is 0 Å². The van der Waals surface area contributed by atoms with Crippen LogP contribution in [0.4, 0.5) is 8.78 Å². The fourth-order valence-electron chi connectivity index (χ4n) is 6.35. The van der Waals surface area contributed by atoms with Crippen LogP contribution in [-0.4, -0.2) is 41.5 Å². The molecule has 0 aliphatic carbocycles. The summed E-state index contributed by atoms with van der Waals surface area (Å²) in [5.74, 6) is -0.999. The smallest absolute Gasteiger partial charge is 0.208 e. The first kappa shape index (κ1) is 29.2. The molecule has 4 bridgehead atoms. The molecule has 9 heteroatoms. The van der Waals surface area contributed by atoms with Crippen LogP contribution < -0.4 is 4.74 Å². The number of aromatic amines is 1. The Morgan fingerprint density at radius 1 is 1.07 bits per heavy atom. The van der Waals surface area contributed by atoms with E-state index in [1.54, 1.807) is 18.3 Å². The summed E-state index contributed by atoms with van der Waals surface area (Å²) in [6.07, 6.45) is 6.41. The summed E-state index contributed by atoms with van der Waals surface area (Å²) in [5, 5.41) is 5.54. The van der Waals surface area contributed by atoms with Crippen LogP contribution in [0.5, 0.6) is 11.5 Å². The molecule has 2 aliphatic rings. The van der Waals surface area contributed by atoms with Crippen molar-refractivity contribution in [1.29, 1.82) is 0 Å². The molecule has 0 saturated carbocycles. The summed E-state index contributed by atoms with van der Waals surface area (Å²) < 4.78 is 65.6. The number of ether oxygens (including phenoxy) is 1. The van der Waals surface area contributed by atoms with E-state index in [0.29, 0.717) is 35.0 Å². The molecule has 0 spiro atoms. The van der Waals surface area contributed by atoms with Crippen molar-refractivity contribution in [2.45, 2.75) is 58.9 Å².